The van der Waals surface area contributed by atoms with Gasteiger partial charge in [0.15, 0.2) is 5.54 Å². The second kappa shape index (κ2) is 6.30. The fraction of sp³-hybridized carbons (Fsp3) is 0.176. The van der Waals surface area contributed by atoms with Gasteiger partial charge in [0.05, 0.1) is 0 Å². The molecule has 5 nitrogen and oxygen atoms in total. The molecule has 0 heterocycles. The number of nitrogens with one attached hydrogen (secondary N) is 1. The fourth-order valence-corrected chi connectivity index (χ4v) is 2.77. The third-order valence-corrected chi connectivity index (χ3v) is 4.21. The second-order valence-electron chi connectivity index (χ2n) is 5.27. The first-order chi connectivity index (χ1) is 10.8. The molecule has 0 aromatic heterocycles. The molecule has 0 saturated heterocycles. The molecule has 1 aliphatic rings. The Labute approximate surface area is 138 Å². The molecule has 1 atom stereocenters. The normalized spacial score (nSPS) is 20.7. The van der Waals surface area contributed by atoms with Crippen molar-refractivity contribution in [3.8, 4) is 0 Å². The minimum absolute atomic E-state index is 0.0246. The molecule has 0 saturated carbocycles. The van der Waals surface area contributed by atoms with Crippen molar-refractivity contribution in [2.24, 2.45) is 0 Å². The summed E-state index contributed by atoms with van der Waals surface area (Å²) in [7, 11) is 0. The summed E-state index contributed by atoms with van der Waals surface area (Å²) in [6.07, 6.45) is 2.72. The summed E-state index contributed by atoms with van der Waals surface area (Å²) in [6.45, 7) is 5.25. The molecule has 1 aliphatic carbocycles. The number of hydrogen-bond donors (Lipinski definition) is 3. The van der Waals surface area contributed by atoms with Gasteiger partial charge in [-0.2, -0.15) is 0 Å². The maximum absolute atomic E-state index is 11.9. The van der Waals surface area contributed by atoms with Crippen LogP contribution >= 0.6 is 11.6 Å². The molecule has 1 aromatic rings. The van der Waals surface area contributed by atoms with Crippen LogP contribution in [0.1, 0.15) is 18.9 Å². The number of carboxylic acids is 2. The molecule has 0 spiro atoms. The Morgan fingerprint density at radius 3 is 2.57 bits per heavy atom. The number of carbonyl (C=O) groups is 2. The zero-order valence-corrected chi connectivity index (χ0v) is 13.2. The number of allylic oxidation sites excluding steroid dienone is 2. The maximum Gasteiger partial charge on any atom is 0.333 e. The molecule has 120 valence electrons. The first-order valence-electron chi connectivity index (χ1n) is 6.85. The molecular formula is C17H16ClNO4. The third-order valence-electron chi connectivity index (χ3n) is 3.82. The molecule has 0 amide bonds. The Hall–Kier alpha value is -2.53. The van der Waals surface area contributed by atoms with Crippen LogP contribution in [0.2, 0.25) is 0 Å². The minimum atomic E-state index is -1.64. The monoisotopic (exact) mass is 333 g/mol. The van der Waals surface area contributed by atoms with Gasteiger partial charge < -0.3 is 15.5 Å². The van der Waals surface area contributed by atoms with Crippen LogP contribution in [0, 0.1) is 0 Å². The SMILES string of the molecule is C=Cc1ccccc1NC1(C(=O)O)C=C(Cl)C(C)=C(C(=O)O)C1. The summed E-state index contributed by atoms with van der Waals surface area (Å²) in [5.41, 5.74) is -0.0438. The predicted molar refractivity (Wildman–Crippen MR) is 89.4 cm³/mol. The minimum Gasteiger partial charge on any atom is -0.479 e. The van der Waals surface area contributed by atoms with Crippen molar-refractivity contribution in [3.05, 3.63) is 58.7 Å². The Bertz CT molecular complexity index is 751. The lowest BCUT2D eigenvalue weighted by atomic mass is 9.83. The van der Waals surface area contributed by atoms with Crippen molar-refractivity contribution in [1.29, 1.82) is 0 Å². The molecule has 23 heavy (non-hydrogen) atoms. The second-order valence-corrected chi connectivity index (χ2v) is 5.68. The van der Waals surface area contributed by atoms with Crippen molar-refractivity contribution in [1.82, 2.24) is 0 Å². The highest BCUT2D eigenvalue weighted by molar-refractivity contribution is 6.33. The van der Waals surface area contributed by atoms with Gasteiger partial charge in [-0.3, -0.25) is 0 Å². The first kappa shape index (κ1) is 16.8. The van der Waals surface area contributed by atoms with Crippen LogP contribution in [-0.2, 0) is 9.59 Å². The highest BCUT2D eigenvalue weighted by Crippen LogP contribution is 2.37. The lowest BCUT2D eigenvalue weighted by Gasteiger charge is -2.33. The van der Waals surface area contributed by atoms with Gasteiger partial charge in [-0.25, -0.2) is 9.59 Å². The van der Waals surface area contributed by atoms with Crippen molar-refractivity contribution in [2.75, 3.05) is 5.32 Å². The van der Waals surface area contributed by atoms with Gasteiger partial charge in [-0.05, 0) is 30.2 Å². The molecule has 6 heteroatoms. The number of benzene rings is 1. The lowest BCUT2D eigenvalue weighted by molar-refractivity contribution is -0.140. The Kier molecular flexibility index (Phi) is 4.61. The van der Waals surface area contributed by atoms with Crippen LogP contribution in [0.25, 0.3) is 6.08 Å². The molecule has 0 fully saturated rings. The number of halogens is 1. The molecule has 0 aliphatic heterocycles. The molecular weight excluding hydrogens is 318 g/mol. The number of rotatable bonds is 5. The molecule has 2 rings (SSSR count). The van der Waals surface area contributed by atoms with Crippen molar-refractivity contribution < 1.29 is 19.8 Å². The summed E-state index contributed by atoms with van der Waals surface area (Å²) < 4.78 is 0. The summed E-state index contributed by atoms with van der Waals surface area (Å²) in [4.78, 5) is 23.3. The molecule has 1 aromatic carbocycles. The van der Waals surface area contributed by atoms with E-state index in [-0.39, 0.29) is 17.0 Å². The van der Waals surface area contributed by atoms with Gasteiger partial charge in [-0.1, -0.05) is 42.5 Å². The van der Waals surface area contributed by atoms with Crippen molar-refractivity contribution in [2.45, 2.75) is 18.9 Å². The third kappa shape index (κ3) is 3.14. The number of carboxylic acid groups (broad SMARTS) is 2. The predicted octanol–water partition coefficient (Wildman–Crippen LogP) is 3.49. The summed E-state index contributed by atoms with van der Waals surface area (Å²) >= 11 is 6.09. The van der Waals surface area contributed by atoms with E-state index in [1.165, 1.54) is 6.08 Å². The Morgan fingerprint density at radius 1 is 1.35 bits per heavy atom. The summed E-state index contributed by atoms with van der Waals surface area (Å²) in [5.74, 6) is -2.39. The zero-order valence-electron chi connectivity index (χ0n) is 12.5. The average Bonchev–Trinajstić information content (AvgIpc) is 2.50. The molecule has 0 radical (unpaired) electrons. The largest absolute Gasteiger partial charge is 0.479 e. The number of aliphatic carboxylic acids is 2. The highest BCUT2D eigenvalue weighted by Gasteiger charge is 2.42. The van der Waals surface area contributed by atoms with Gasteiger partial charge in [0.2, 0.25) is 0 Å². The molecule has 0 bridgehead atoms. The Balaban J connectivity index is 2.53. The summed E-state index contributed by atoms with van der Waals surface area (Å²) in [6, 6.07) is 7.03. The number of para-hydroxylation sites is 1. The molecule has 1 unspecified atom stereocenters. The zero-order chi connectivity index (χ0) is 17.2. The van der Waals surface area contributed by atoms with Gasteiger partial charge >= 0.3 is 11.9 Å². The van der Waals surface area contributed by atoms with E-state index < -0.39 is 17.5 Å². The van der Waals surface area contributed by atoms with E-state index in [9.17, 15) is 19.8 Å². The van der Waals surface area contributed by atoms with E-state index in [1.54, 1.807) is 37.3 Å². The van der Waals surface area contributed by atoms with Crippen LogP contribution in [-0.4, -0.2) is 27.7 Å². The highest BCUT2D eigenvalue weighted by atomic mass is 35.5. The number of anilines is 1. The van der Waals surface area contributed by atoms with E-state index in [0.717, 1.165) is 0 Å². The van der Waals surface area contributed by atoms with Crippen molar-refractivity contribution >= 4 is 35.3 Å². The Morgan fingerprint density at radius 2 is 2.00 bits per heavy atom. The standard InChI is InChI=1S/C17H16ClNO4/c1-3-11-6-4-5-7-14(11)19-17(16(22)23)8-12(15(20)21)10(2)13(18)9-17/h3-7,9,19H,1,8H2,2H3,(H,20,21)(H,22,23). The van der Waals surface area contributed by atoms with E-state index in [4.69, 9.17) is 11.6 Å². The van der Waals surface area contributed by atoms with Crippen molar-refractivity contribution in [3.63, 3.8) is 0 Å². The topological polar surface area (TPSA) is 86.6 Å². The van der Waals surface area contributed by atoms with Gasteiger partial charge in [0.1, 0.15) is 0 Å². The fourth-order valence-electron chi connectivity index (χ4n) is 2.47. The van der Waals surface area contributed by atoms with E-state index in [2.05, 4.69) is 11.9 Å². The van der Waals surface area contributed by atoms with Gasteiger partial charge in [0, 0.05) is 22.7 Å². The first-order valence-corrected chi connectivity index (χ1v) is 7.23. The van der Waals surface area contributed by atoms with Gasteiger partial charge in [0.25, 0.3) is 0 Å². The summed E-state index contributed by atoms with van der Waals surface area (Å²) in [5, 5.41) is 22.1. The van der Waals surface area contributed by atoms with Crippen LogP contribution in [0.3, 0.4) is 0 Å². The molecule has 3 N–H and O–H groups in total. The van der Waals surface area contributed by atoms with Crippen LogP contribution in [0.4, 0.5) is 5.69 Å². The average molecular weight is 334 g/mol. The van der Waals surface area contributed by atoms with E-state index >= 15 is 0 Å². The quantitative estimate of drug-likeness (QED) is 0.767. The maximum atomic E-state index is 11.9. The van der Waals surface area contributed by atoms with E-state index in [0.29, 0.717) is 16.8 Å². The van der Waals surface area contributed by atoms with Crippen LogP contribution in [0.5, 0.6) is 0 Å². The lowest BCUT2D eigenvalue weighted by Crippen LogP contribution is -2.47. The van der Waals surface area contributed by atoms with E-state index in [1.807, 2.05) is 0 Å². The smallest absolute Gasteiger partial charge is 0.333 e. The number of hydrogen-bond acceptors (Lipinski definition) is 3. The van der Waals surface area contributed by atoms with Crippen LogP contribution < -0.4 is 5.32 Å². The van der Waals surface area contributed by atoms with Gasteiger partial charge in [-0.15, -0.1) is 0 Å². The van der Waals surface area contributed by atoms with Crippen LogP contribution in [0.15, 0.2) is 53.1 Å².